The molecule has 0 aliphatic carbocycles. The molecular weight excluding hydrogens is 1400 g/mol. The van der Waals surface area contributed by atoms with E-state index in [0.717, 1.165) is 27.7 Å². The van der Waals surface area contributed by atoms with E-state index >= 15 is 0 Å². The van der Waals surface area contributed by atoms with Crippen LogP contribution in [0.2, 0.25) is 0 Å². The molecule has 47 heteroatoms. The number of carbonyl (C=O) groups is 5. The predicted molar refractivity (Wildman–Crippen MR) is 306 cm³/mol. The third-order valence-corrected chi connectivity index (χ3v) is 17.8. The van der Waals surface area contributed by atoms with Crippen molar-refractivity contribution >= 4 is 40.0 Å². The second-order valence-corrected chi connectivity index (χ2v) is 25.6. The van der Waals surface area contributed by atoms with Crippen molar-refractivity contribution < 1.29 is 205 Å². The maximum atomic E-state index is 13.2. The van der Waals surface area contributed by atoms with Gasteiger partial charge in [0.05, 0.1) is 58.4 Å². The summed E-state index contributed by atoms with van der Waals surface area (Å²) in [5, 5.41) is 230. The Morgan fingerprint density at radius 2 is 0.800 bits per heavy atom. The van der Waals surface area contributed by atoms with Gasteiger partial charge in [0.25, 0.3) is 5.79 Å². The molecule has 7 aliphatic rings. The topological polar surface area (TPSA) is 722 Å². The molecule has 0 bridgehead atoms. The molecule has 1 unspecified atom stereocenters. The normalized spacial score (nSPS) is 44.8. The van der Waals surface area contributed by atoms with E-state index in [9.17, 15) is 139 Å². The van der Waals surface area contributed by atoms with Crippen molar-refractivity contribution in [2.24, 2.45) is 0 Å². The molecule has 7 fully saturated rings. The molecule has 36 atom stereocenters. The van der Waals surface area contributed by atoms with Gasteiger partial charge in [-0.15, -0.1) is 0 Å². The Morgan fingerprint density at radius 3 is 1.21 bits per heavy atom. The molecule has 0 aromatic rings. The fourth-order valence-corrected chi connectivity index (χ4v) is 12.8. The van der Waals surface area contributed by atoms with Gasteiger partial charge in [0.2, 0.25) is 23.6 Å². The van der Waals surface area contributed by atoms with E-state index in [1.807, 2.05) is 0 Å². The largest absolute Gasteiger partial charge is 0.477 e. The third-order valence-electron chi connectivity index (χ3n) is 17.3. The Labute approximate surface area is 565 Å². The summed E-state index contributed by atoms with van der Waals surface area (Å²) in [5.41, 5.74) is 0. The lowest BCUT2D eigenvalue weighted by molar-refractivity contribution is -0.391. The van der Waals surface area contributed by atoms with Crippen LogP contribution in [0.25, 0.3) is 0 Å². The lowest BCUT2D eigenvalue weighted by Crippen LogP contribution is -2.71. The lowest BCUT2D eigenvalue weighted by atomic mass is 9.88. The molecule has 7 aliphatic heterocycles. The first-order chi connectivity index (χ1) is 46.9. The highest BCUT2D eigenvalue weighted by atomic mass is 32.3. The van der Waals surface area contributed by atoms with Crippen LogP contribution in [0.4, 0.5) is 0 Å². The standard InChI is InChI=1S/C53H88N4O42S/c1-13(64)54-25-17(68)5-53(52(81)82,98-42(25)29(70)18(69)6-58)99-45-33(74)22(10-62)90-51(38(45)79)94-40-24(12-86-100(83,84)85)92-48(27(35(40)76)56-15(3)66)97-43-31(72)20(8-60)88-49(36(43)77)93-39-23(11-63)91-47(26(34(39)75)55-14(2)65)96-44-32(73)21(9-61)89-50(37(44)78)95-41-28(57-16(4)67)46(80)87-19(7-59)30(41)71/h17-51,58-63,68-80H,5-12H2,1-4H3,(H,54,64)(H,55,65)(H,56,66)(H,57,67)(H,81,82)(H,83,84,85)/t17-,18+,19+,20+,21+,22+,23+,24+,25+,26+,27+,28+,29+,30-,31-,32-,33-,34+,35+,36+,37+,38+,39+,40+,41+,42+,43-,44-,45-,46?,47-,48-,49-,50-,51-,53-/m0/s1. The van der Waals surface area contributed by atoms with Gasteiger partial charge in [0.15, 0.2) is 37.7 Å². The molecule has 4 amide bonds. The van der Waals surface area contributed by atoms with Crippen LogP contribution in [0.3, 0.4) is 0 Å². The monoisotopic (exact) mass is 1480 g/mol. The van der Waals surface area contributed by atoms with Crippen molar-refractivity contribution in [1.29, 1.82) is 0 Å². The van der Waals surface area contributed by atoms with Crippen LogP contribution < -0.4 is 21.3 Å². The van der Waals surface area contributed by atoms with Crippen LogP contribution in [0.1, 0.15) is 34.1 Å². The zero-order chi connectivity index (χ0) is 74.5. The van der Waals surface area contributed by atoms with Crippen LogP contribution in [0, 0.1) is 0 Å². The summed E-state index contributed by atoms with van der Waals surface area (Å²) in [6.45, 7) is -4.53. The number of amides is 4. The Balaban J connectivity index is 1.14. The highest BCUT2D eigenvalue weighted by molar-refractivity contribution is 7.80. The Hall–Kier alpha value is -4.06. The number of hydrogen-bond donors (Lipinski definition) is 25. The fourth-order valence-electron chi connectivity index (χ4n) is 12.5. The maximum absolute atomic E-state index is 13.2. The minimum Gasteiger partial charge on any atom is -0.477 e. The number of aliphatic hydroxyl groups is 19. The molecule has 7 rings (SSSR count). The van der Waals surface area contributed by atoms with Crippen molar-refractivity contribution in [2.45, 2.75) is 254 Å². The quantitative estimate of drug-likeness (QED) is 0.0324. The first kappa shape index (κ1) is 83.2. The van der Waals surface area contributed by atoms with Gasteiger partial charge in [0, 0.05) is 34.1 Å². The van der Waals surface area contributed by atoms with Gasteiger partial charge in [-0.25, -0.2) is 8.98 Å². The molecule has 7 saturated heterocycles. The van der Waals surface area contributed by atoms with E-state index in [2.05, 4.69) is 25.5 Å². The molecule has 0 aromatic carbocycles. The summed E-state index contributed by atoms with van der Waals surface area (Å²) in [4.78, 5) is 63.2. The van der Waals surface area contributed by atoms with Crippen molar-refractivity contribution in [2.75, 3.05) is 46.2 Å². The number of rotatable bonds is 28. The first-order valence-electron chi connectivity index (χ1n) is 30.9. The van der Waals surface area contributed by atoms with Gasteiger partial charge in [-0.2, -0.15) is 8.42 Å². The first-order valence-corrected chi connectivity index (χ1v) is 32.3. The number of ether oxygens (including phenoxy) is 13. The summed E-state index contributed by atoms with van der Waals surface area (Å²) in [7, 11) is -5.54. The minimum absolute atomic E-state index is 0.786. The average molecular weight is 1490 g/mol. The second-order valence-electron chi connectivity index (χ2n) is 24.5. The number of aliphatic carboxylic acids is 1. The summed E-state index contributed by atoms with van der Waals surface area (Å²) in [5.74, 6) is -9.17. The zero-order valence-corrected chi connectivity index (χ0v) is 54.1. The zero-order valence-electron chi connectivity index (χ0n) is 53.2. The van der Waals surface area contributed by atoms with Gasteiger partial charge in [-0.05, 0) is 0 Å². The molecule has 100 heavy (non-hydrogen) atoms. The van der Waals surface area contributed by atoms with E-state index in [1.54, 1.807) is 0 Å². The number of nitrogens with one attached hydrogen (secondary N) is 4. The molecule has 7 heterocycles. The number of hydrogen-bond acceptors (Lipinski definition) is 40. The highest BCUT2D eigenvalue weighted by Gasteiger charge is 2.62. The number of carboxylic acids is 1. The van der Waals surface area contributed by atoms with Gasteiger partial charge in [0.1, 0.15) is 165 Å². The predicted octanol–water partition coefficient (Wildman–Crippen LogP) is -16.7. The van der Waals surface area contributed by atoms with Gasteiger partial charge in [-0.1, -0.05) is 0 Å². The molecule has 0 aromatic heterocycles. The van der Waals surface area contributed by atoms with Crippen molar-refractivity contribution in [3.05, 3.63) is 0 Å². The van der Waals surface area contributed by atoms with E-state index < -0.39 is 313 Å². The number of carboxylic acid groups (broad SMARTS) is 1. The van der Waals surface area contributed by atoms with Crippen molar-refractivity contribution in [1.82, 2.24) is 21.3 Å². The molecule has 578 valence electrons. The Bertz CT molecular complexity index is 2810. The average Bonchev–Trinajstić information content (AvgIpc) is 0.762. The van der Waals surface area contributed by atoms with E-state index in [1.165, 1.54) is 0 Å². The van der Waals surface area contributed by atoms with Crippen molar-refractivity contribution in [3.63, 3.8) is 0 Å². The molecular formula is C53H88N4O42S. The molecule has 0 spiro atoms. The Morgan fingerprint density at radius 1 is 0.450 bits per heavy atom. The molecule has 0 radical (unpaired) electrons. The Kier molecular flexibility index (Phi) is 29.4. The molecule has 25 N–H and O–H groups in total. The maximum Gasteiger partial charge on any atom is 0.397 e. The van der Waals surface area contributed by atoms with Crippen LogP contribution in [-0.4, -0.2) is 411 Å². The van der Waals surface area contributed by atoms with E-state index in [-0.39, 0.29) is 0 Å². The smallest absolute Gasteiger partial charge is 0.397 e. The lowest BCUT2D eigenvalue weighted by Gasteiger charge is -2.51. The minimum atomic E-state index is -5.54. The van der Waals surface area contributed by atoms with Crippen LogP contribution in [0.15, 0.2) is 0 Å². The van der Waals surface area contributed by atoms with Crippen molar-refractivity contribution in [3.8, 4) is 0 Å². The van der Waals surface area contributed by atoms with Gasteiger partial charge >= 0.3 is 16.4 Å². The SMILES string of the molecule is CC(=O)N[C@H]1[C@H](O[C@H]2[C@@H](O)[C@@H](CO)O[C@@H](O[C@H]3[C@H](O)[C@@H](NC(C)=O)[C@H](O[C@H]4[C@@H](O)[C@@H](CO)O[C@@H](O[C@H]5[C@@H](O)[C@@H](CO)OC(O)[C@@H]5NC(C)=O)[C@@H]4O)O[C@@H]3CO)[C@@H]2O)O[C@H](COS(=O)(=O)O)[C@@H](O[C@@H]2O[C@H](CO)[C@H](O)[C@H](O[C@]3(C(=O)O)C[C@H](O)[C@@H](NC(C)=O)[C@H]([C@H](O)[C@H](O)CO)O3)[C@H]2O)[C@@H]1O. The fraction of sp³-hybridized carbons (Fsp3) is 0.906. The van der Waals surface area contributed by atoms with Crippen LogP contribution >= 0.6 is 0 Å². The summed E-state index contributed by atoms with van der Waals surface area (Å²) < 4.78 is 113. The second kappa shape index (κ2) is 35.4. The number of carbonyl (C=O) groups excluding carboxylic acids is 4. The third kappa shape index (κ3) is 18.9. The van der Waals surface area contributed by atoms with Crippen LogP contribution in [-0.2, 0) is 100 Å². The van der Waals surface area contributed by atoms with Gasteiger partial charge < -0.3 is 185 Å². The highest BCUT2D eigenvalue weighted by Crippen LogP contribution is 2.41. The summed E-state index contributed by atoms with van der Waals surface area (Å²) >= 11 is 0. The summed E-state index contributed by atoms with van der Waals surface area (Å²) in [6, 6.07) is -7.44. The van der Waals surface area contributed by atoms with E-state index in [4.69, 9.17) is 61.6 Å². The molecule has 0 saturated carbocycles. The number of aliphatic hydroxyl groups excluding tert-OH is 19. The van der Waals surface area contributed by atoms with E-state index in [0.29, 0.717) is 0 Å². The molecule has 46 nitrogen and oxygen atoms in total. The van der Waals surface area contributed by atoms with Crippen LogP contribution in [0.5, 0.6) is 0 Å². The summed E-state index contributed by atoms with van der Waals surface area (Å²) in [6.07, 6.45) is -68.2. The van der Waals surface area contributed by atoms with Gasteiger partial charge in [-0.3, -0.25) is 23.7 Å².